The van der Waals surface area contributed by atoms with Crippen LogP contribution < -0.4 is 0 Å². The van der Waals surface area contributed by atoms with Crippen molar-refractivity contribution in [2.75, 3.05) is 26.2 Å². The van der Waals surface area contributed by atoms with E-state index in [1.54, 1.807) is 4.90 Å². The predicted molar refractivity (Wildman–Crippen MR) is 74.8 cm³/mol. The number of hydrogen-bond donors (Lipinski definition) is 0. The Kier molecular flexibility index (Phi) is 4.97. The van der Waals surface area contributed by atoms with Crippen LogP contribution in [0.5, 0.6) is 0 Å². The average molecular weight is 273 g/mol. The third-order valence-corrected chi connectivity index (χ3v) is 3.51. The van der Waals surface area contributed by atoms with Crippen molar-refractivity contribution in [1.82, 2.24) is 9.80 Å². The maximum Gasteiger partial charge on any atom is 0.410 e. The minimum atomic E-state index is -0.280. The van der Waals surface area contributed by atoms with Crippen molar-refractivity contribution >= 4 is 6.09 Å². The number of carbonyl (C=O) groups is 1. The first kappa shape index (κ1) is 14.4. The number of carbonyl (C=O) groups excluding carboxylic acids is 1. The Hall–Kier alpha value is -2.06. The highest BCUT2D eigenvalue weighted by atomic mass is 16.6. The van der Waals surface area contributed by atoms with Crippen LogP contribution in [-0.4, -0.2) is 48.1 Å². The van der Waals surface area contributed by atoms with Gasteiger partial charge in [0.2, 0.25) is 0 Å². The Morgan fingerprint density at radius 3 is 2.55 bits per heavy atom. The molecule has 2 rings (SSSR count). The van der Waals surface area contributed by atoms with Crippen LogP contribution in [0.25, 0.3) is 0 Å². The van der Waals surface area contributed by atoms with Gasteiger partial charge in [-0.15, -0.1) is 0 Å². The zero-order chi connectivity index (χ0) is 14.4. The number of nitriles is 1. The number of ether oxygens (including phenoxy) is 1. The largest absolute Gasteiger partial charge is 0.445 e. The molecule has 1 aromatic carbocycles. The second-order valence-corrected chi connectivity index (χ2v) is 4.87. The van der Waals surface area contributed by atoms with Gasteiger partial charge in [-0.3, -0.25) is 4.90 Å². The Morgan fingerprint density at radius 2 is 1.95 bits per heavy atom. The van der Waals surface area contributed by atoms with Crippen molar-refractivity contribution in [2.45, 2.75) is 19.6 Å². The molecule has 0 unspecified atom stereocenters. The highest BCUT2D eigenvalue weighted by molar-refractivity contribution is 5.67. The van der Waals surface area contributed by atoms with Crippen LogP contribution in [0.3, 0.4) is 0 Å². The molecular weight excluding hydrogens is 254 g/mol. The van der Waals surface area contributed by atoms with E-state index < -0.39 is 0 Å². The summed E-state index contributed by atoms with van der Waals surface area (Å²) in [5.41, 5.74) is 0.984. The maximum atomic E-state index is 11.9. The zero-order valence-electron chi connectivity index (χ0n) is 11.7. The van der Waals surface area contributed by atoms with Crippen LogP contribution in [0, 0.1) is 11.3 Å². The van der Waals surface area contributed by atoms with Gasteiger partial charge in [-0.05, 0) is 12.5 Å². The van der Waals surface area contributed by atoms with Crippen molar-refractivity contribution in [3.8, 4) is 6.07 Å². The highest BCUT2D eigenvalue weighted by Gasteiger charge is 2.24. The zero-order valence-corrected chi connectivity index (χ0v) is 11.7. The first-order chi connectivity index (χ1) is 9.70. The summed E-state index contributed by atoms with van der Waals surface area (Å²) in [5, 5.41) is 8.88. The molecule has 0 aromatic heterocycles. The van der Waals surface area contributed by atoms with E-state index in [2.05, 4.69) is 11.0 Å². The molecule has 1 amide bonds. The molecule has 1 aliphatic rings. The van der Waals surface area contributed by atoms with E-state index in [0.717, 1.165) is 18.7 Å². The molecule has 0 radical (unpaired) electrons. The van der Waals surface area contributed by atoms with Gasteiger partial charge in [0.05, 0.1) is 12.1 Å². The van der Waals surface area contributed by atoms with E-state index in [9.17, 15) is 4.79 Å². The molecule has 5 nitrogen and oxygen atoms in total. The van der Waals surface area contributed by atoms with E-state index in [0.29, 0.717) is 19.7 Å². The van der Waals surface area contributed by atoms with Crippen molar-refractivity contribution in [3.05, 3.63) is 35.9 Å². The molecule has 106 valence electrons. The molecule has 1 heterocycles. The molecule has 1 aromatic rings. The lowest BCUT2D eigenvalue weighted by Gasteiger charge is -2.35. The number of amides is 1. The quantitative estimate of drug-likeness (QED) is 0.843. The van der Waals surface area contributed by atoms with Crippen molar-refractivity contribution in [3.63, 3.8) is 0 Å². The van der Waals surface area contributed by atoms with Crippen LogP contribution in [0.2, 0.25) is 0 Å². The number of rotatable bonds is 3. The van der Waals surface area contributed by atoms with E-state index in [-0.39, 0.29) is 12.1 Å². The lowest BCUT2D eigenvalue weighted by Crippen LogP contribution is -2.51. The Bertz CT molecular complexity index is 476. The SMILES string of the molecule is C[C@H](C#N)N1CCN(C(=O)OCc2ccccc2)CC1. The van der Waals surface area contributed by atoms with Crippen molar-refractivity contribution in [1.29, 1.82) is 5.26 Å². The number of hydrogen-bond acceptors (Lipinski definition) is 4. The third-order valence-electron chi connectivity index (χ3n) is 3.51. The van der Waals surface area contributed by atoms with Gasteiger partial charge in [0, 0.05) is 26.2 Å². The average Bonchev–Trinajstić information content (AvgIpc) is 2.53. The normalized spacial score (nSPS) is 17.3. The summed E-state index contributed by atoms with van der Waals surface area (Å²) in [7, 11) is 0. The molecule has 0 saturated carbocycles. The Labute approximate surface area is 119 Å². The topological polar surface area (TPSA) is 56.6 Å². The molecule has 1 aliphatic heterocycles. The third kappa shape index (κ3) is 3.72. The van der Waals surface area contributed by atoms with Gasteiger partial charge in [0.25, 0.3) is 0 Å². The van der Waals surface area contributed by atoms with Crippen LogP contribution in [-0.2, 0) is 11.3 Å². The Balaban J connectivity index is 1.76. The maximum absolute atomic E-state index is 11.9. The summed E-state index contributed by atoms with van der Waals surface area (Å²) >= 11 is 0. The summed E-state index contributed by atoms with van der Waals surface area (Å²) in [6.07, 6.45) is -0.280. The van der Waals surface area contributed by atoms with Crippen LogP contribution >= 0.6 is 0 Å². The lowest BCUT2D eigenvalue weighted by atomic mass is 10.2. The molecule has 1 atom stereocenters. The minimum Gasteiger partial charge on any atom is -0.445 e. The summed E-state index contributed by atoms with van der Waals surface area (Å²) < 4.78 is 5.29. The van der Waals surface area contributed by atoms with E-state index in [4.69, 9.17) is 10.00 Å². The van der Waals surface area contributed by atoms with Gasteiger partial charge in [-0.2, -0.15) is 5.26 Å². The summed E-state index contributed by atoms with van der Waals surface area (Å²) in [5.74, 6) is 0. The standard InChI is InChI=1S/C15H19N3O2/c1-13(11-16)17-7-9-18(10-8-17)15(19)20-12-14-5-3-2-4-6-14/h2-6,13H,7-10,12H2,1H3/t13-/m1/s1. The molecular formula is C15H19N3O2. The van der Waals surface area contributed by atoms with Gasteiger partial charge >= 0.3 is 6.09 Å². The van der Waals surface area contributed by atoms with Gasteiger partial charge in [0.15, 0.2) is 0 Å². The molecule has 0 bridgehead atoms. The van der Waals surface area contributed by atoms with Crippen LogP contribution in [0.1, 0.15) is 12.5 Å². The fourth-order valence-corrected chi connectivity index (χ4v) is 2.18. The van der Waals surface area contributed by atoms with Crippen molar-refractivity contribution in [2.24, 2.45) is 0 Å². The molecule has 1 fully saturated rings. The second kappa shape index (κ2) is 6.92. The first-order valence-electron chi connectivity index (χ1n) is 6.80. The predicted octanol–water partition coefficient (Wildman–Crippen LogP) is 1.85. The number of nitrogens with zero attached hydrogens (tertiary/aromatic N) is 3. The number of piperazine rings is 1. The van der Waals surface area contributed by atoms with Gasteiger partial charge in [0.1, 0.15) is 6.61 Å². The van der Waals surface area contributed by atoms with E-state index in [1.807, 2.05) is 37.3 Å². The highest BCUT2D eigenvalue weighted by Crippen LogP contribution is 2.08. The van der Waals surface area contributed by atoms with Crippen LogP contribution in [0.4, 0.5) is 4.79 Å². The Morgan fingerprint density at radius 1 is 1.30 bits per heavy atom. The lowest BCUT2D eigenvalue weighted by molar-refractivity contribution is 0.0677. The van der Waals surface area contributed by atoms with Crippen molar-refractivity contribution < 1.29 is 9.53 Å². The van der Waals surface area contributed by atoms with Gasteiger partial charge in [-0.25, -0.2) is 4.79 Å². The van der Waals surface area contributed by atoms with Crippen LogP contribution in [0.15, 0.2) is 30.3 Å². The fraction of sp³-hybridized carbons (Fsp3) is 0.467. The van der Waals surface area contributed by atoms with E-state index in [1.165, 1.54) is 0 Å². The molecule has 20 heavy (non-hydrogen) atoms. The van der Waals surface area contributed by atoms with Gasteiger partial charge in [-0.1, -0.05) is 30.3 Å². The molecule has 5 heteroatoms. The second-order valence-electron chi connectivity index (χ2n) is 4.87. The molecule has 0 N–H and O–H groups in total. The summed E-state index contributed by atoms with van der Waals surface area (Å²) in [6, 6.07) is 11.8. The minimum absolute atomic E-state index is 0.0995. The summed E-state index contributed by atoms with van der Waals surface area (Å²) in [6.45, 7) is 4.83. The molecule has 0 spiro atoms. The van der Waals surface area contributed by atoms with Gasteiger partial charge < -0.3 is 9.64 Å². The molecule has 0 aliphatic carbocycles. The fourth-order valence-electron chi connectivity index (χ4n) is 2.18. The number of benzene rings is 1. The monoisotopic (exact) mass is 273 g/mol. The van der Waals surface area contributed by atoms with E-state index >= 15 is 0 Å². The summed E-state index contributed by atoms with van der Waals surface area (Å²) in [4.78, 5) is 15.7. The smallest absolute Gasteiger partial charge is 0.410 e. The molecule has 1 saturated heterocycles. The first-order valence-corrected chi connectivity index (χ1v) is 6.80.